The van der Waals surface area contributed by atoms with Gasteiger partial charge in [0.05, 0.1) is 0 Å². The van der Waals surface area contributed by atoms with Crippen molar-refractivity contribution in [3.05, 3.63) is 0 Å². The van der Waals surface area contributed by atoms with Crippen LogP contribution < -0.4 is 5.73 Å². The molecule has 1 heterocycles. The average molecular weight is 218 g/mol. The van der Waals surface area contributed by atoms with Crippen molar-refractivity contribution in [2.45, 2.75) is 19.8 Å². The molecular weight excluding hydrogens is 196 g/mol. The molecule has 1 unspecified atom stereocenters. The Morgan fingerprint density at radius 2 is 2.07 bits per heavy atom. The lowest BCUT2D eigenvalue weighted by molar-refractivity contribution is 0.271. The first-order chi connectivity index (χ1) is 6.76. The standard InChI is InChI=1S/C10H22N2OS/c1-2-10(9-11)3-4-12-5-7-14(13)8-6-12/h10H,2-9,11H2,1H3. The lowest BCUT2D eigenvalue weighted by atomic mass is 10.0. The fourth-order valence-corrected chi connectivity index (χ4v) is 2.88. The SMILES string of the molecule is CCC(CN)CCN1CCS(=O)CC1. The summed E-state index contributed by atoms with van der Waals surface area (Å²) in [4.78, 5) is 2.42. The van der Waals surface area contributed by atoms with Gasteiger partial charge in [-0.25, -0.2) is 0 Å². The number of hydrogen-bond donors (Lipinski definition) is 1. The predicted molar refractivity (Wildman–Crippen MR) is 61.8 cm³/mol. The molecule has 1 aliphatic rings. The second-order valence-electron chi connectivity index (χ2n) is 3.99. The van der Waals surface area contributed by atoms with Gasteiger partial charge in [0.25, 0.3) is 0 Å². The fraction of sp³-hybridized carbons (Fsp3) is 1.00. The minimum Gasteiger partial charge on any atom is -0.330 e. The van der Waals surface area contributed by atoms with Crippen LogP contribution in [0.25, 0.3) is 0 Å². The zero-order chi connectivity index (χ0) is 10.4. The van der Waals surface area contributed by atoms with Crippen LogP contribution >= 0.6 is 0 Å². The summed E-state index contributed by atoms with van der Waals surface area (Å²) in [6.45, 7) is 6.15. The van der Waals surface area contributed by atoms with Crippen molar-refractivity contribution < 1.29 is 4.21 Å². The zero-order valence-electron chi connectivity index (χ0n) is 9.08. The van der Waals surface area contributed by atoms with E-state index in [1.54, 1.807) is 0 Å². The molecular formula is C10H22N2OS. The molecule has 0 aromatic heterocycles. The lowest BCUT2D eigenvalue weighted by Crippen LogP contribution is -2.39. The van der Waals surface area contributed by atoms with Gasteiger partial charge in [0, 0.05) is 35.4 Å². The number of nitrogens with two attached hydrogens (primary N) is 1. The molecule has 3 nitrogen and oxygen atoms in total. The highest BCUT2D eigenvalue weighted by Crippen LogP contribution is 2.09. The lowest BCUT2D eigenvalue weighted by Gasteiger charge is -2.27. The van der Waals surface area contributed by atoms with Crippen molar-refractivity contribution in [2.24, 2.45) is 11.7 Å². The summed E-state index contributed by atoms with van der Waals surface area (Å²) >= 11 is 0. The van der Waals surface area contributed by atoms with Crippen molar-refractivity contribution in [2.75, 3.05) is 37.7 Å². The first-order valence-electron chi connectivity index (χ1n) is 5.53. The van der Waals surface area contributed by atoms with Crippen molar-refractivity contribution >= 4 is 10.8 Å². The Morgan fingerprint density at radius 1 is 1.43 bits per heavy atom. The van der Waals surface area contributed by atoms with Crippen LogP contribution in [0.2, 0.25) is 0 Å². The van der Waals surface area contributed by atoms with Crippen LogP contribution in [0.5, 0.6) is 0 Å². The molecule has 1 saturated heterocycles. The van der Waals surface area contributed by atoms with Crippen LogP contribution in [0, 0.1) is 5.92 Å². The first-order valence-corrected chi connectivity index (χ1v) is 7.02. The van der Waals surface area contributed by atoms with E-state index in [0.29, 0.717) is 5.92 Å². The third-order valence-corrected chi connectivity index (χ3v) is 4.31. The molecule has 0 aromatic rings. The molecule has 0 spiro atoms. The van der Waals surface area contributed by atoms with E-state index in [1.807, 2.05) is 0 Å². The molecule has 14 heavy (non-hydrogen) atoms. The Bertz CT molecular complexity index is 173. The third-order valence-electron chi connectivity index (χ3n) is 3.03. The number of hydrogen-bond acceptors (Lipinski definition) is 3. The van der Waals surface area contributed by atoms with Gasteiger partial charge < -0.3 is 10.6 Å². The molecule has 1 aliphatic heterocycles. The highest BCUT2D eigenvalue weighted by Gasteiger charge is 2.15. The molecule has 0 saturated carbocycles. The van der Waals surface area contributed by atoms with E-state index in [1.165, 1.54) is 12.8 Å². The van der Waals surface area contributed by atoms with Gasteiger partial charge >= 0.3 is 0 Å². The second-order valence-corrected chi connectivity index (χ2v) is 5.68. The van der Waals surface area contributed by atoms with Crippen molar-refractivity contribution in [3.8, 4) is 0 Å². The van der Waals surface area contributed by atoms with E-state index in [2.05, 4.69) is 11.8 Å². The quantitative estimate of drug-likeness (QED) is 0.728. The molecule has 0 aliphatic carbocycles. The van der Waals surface area contributed by atoms with Crippen molar-refractivity contribution in [1.29, 1.82) is 0 Å². The molecule has 0 aromatic carbocycles. The summed E-state index contributed by atoms with van der Waals surface area (Å²) in [5, 5.41) is 0. The molecule has 4 heteroatoms. The molecule has 0 radical (unpaired) electrons. The summed E-state index contributed by atoms with van der Waals surface area (Å²) in [5.74, 6) is 2.39. The smallest absolute Gasteiger partial charge is 0.0363 e. The average Bonchev–Trinajstić information content (AvgIpc) is 2.22. The van der Waals surface area contributed by atoms with Gasteiger partial charge in [-0.15, -0.1) is 0 Å². The van der Waals surface area contributed by atoms with E-state index in [0.717, 1.165) is 37.7 Å². The van der Waals surface area contributed by atoms with Gasteiger partial charge in [-0.1, -0.05) is 13.3 Å². The maximum absolute atomic E-state index is 11.1. The van der Waals surface area contributed by atoms with Crippen LogP contribution in [0.3, 0.4) is 0 Å². The molecule has 0 bridgehead atoms. The Hall–Kier alpha value is 0.0700. The van der Waals surface area contributed by atoms with Gasteiger partial charge in [0.1, 0.15) is 0 Å². The van der Waals surface area contributed by atoms with E-state index in [9.17, 15) is 4.21 Å². The molecule has 1 atom stereocenters. The maximum Gasteiger partial charge on any atom is 0.0363 e. The summed E-state index contributed by atoms with van der Waals surface area (Å²) in [5.41, 5.74) is 5.65. The van der Waals surface area contributed by atoms with Gasteiger partial charge in [-0.05, 0) is 25.4 Å². The molecule has 1 fully saturated rings. The van der Waals surface area contributed by atoms with Gasteiger partial charge in [-0.3, -0.25) is 4.21 Å². The summed E-state index contributed by atoms with van der Waals surface area (Å²) in [6.07, 6.45) is 2.37. The van der Waals surface area contributed by atoms with Crippen LogP contribution in [0.1, 0.15) is 19.8 Å². The Kier molecular flexibility index (Phi) is 5.67. The van der Waals surface area contributed by atoms with Gasteiger partial charge in [0.15, 0.2) is 0 Å². The topological polar surface area (TPSA) is 46.3 Å². The monoisotopic (exact) mass is 218 g/mol. The van der Waals surface area contributed by atoms with E-state index < -0.39 is 10.8 Å². The normalized spacial score (nSPS) is 22.4. The largest absolute Gasteiger partial charge is 0.330 e. The maximum atomic E-state index is 11.1. The van der Waals surface area contributed by atoms with Crippen molar-refractivity contribution in [1.82, 2.24) is 4.90 Å². The van der Waals surface area contributed by atoms with Crippen LogP contribution in [-0.4, -0.2) is 46.8 Å². The van der Waals surface area contributed by atoms with E-state index in [-0.39, 0.29) is 0 Å². The second kappa shape index (κ2) is 6.53. The molecule has 84 valence electrons. The summed E-state index contributed by atoms with van der Waals surface area (Å²) < 4.78 is 11.1. The fourth-order valence-electron chi connectivity index (χ4n) is 1.75. The Balaban J connectivity index is 2.15. The number of nitrogens with zero attached hydrogens (tertiary/aromatic N) is 1. The van der Waals surface area contributed by atoms with E-state index in [4.69, 9.17) is 5.73 Å². The van der Waals surface area contributed by atoms with Gasteiger partial charge in [0.2, 0.25) is 0 Å². The minimum atomic E-state index is -0.545. The molecule has 0 amide bonds. The van der Waals surface area contributed by atoms with Crippen molar-refractivity contribution in [3.63, 3.8) is 0 Å². The van der Waals surface area contributed by atoms with E-state index >= 15 is 0 Å². The summed E-state index contributed by atoms with van der Waals surface area (Å²) in [6, 6.07) is 0. The highest BCUT2D eigenvalue weighted by molar-refractivity contribution is 7.85. The Labute approximate surface area is 89.5 Å². The molecule has 1 rings (SSSR count). The predicted octanol–water partition coefficient (Wildman–Crippen LogP) is 0.426. The Morgan fingerprint density at radius 3 is 2.57 bits per heavy atom. The minimum absolute atomic E-state index is 0.545. The van der Waals surface area contributed by atoms with Gasteiger partial charge in [-0.2, -0.15) is 0 Å². The molecule has 2 N–H and O–H groups in total. The third kappa shape index (κ3) is 4.07. The highest BCUT2D eigenvalue weighted by atomic mass is 32.2. The van der Waals surface area contributed by atoms with Crippen LogP contribution in [-0.2, 0) is 10.8 Å². The summed E-state index contributed by atoms with van der Waals surface area (Å²) in [7, 11) is -0.545. The first kappa shape index (κ1) is 12.1. The zero-order valence-corrected chi connectivity index (χ0v) is 9.89. The van der Waals surface area contributed by atoms with Crippen LogP contribution in [0.15, 0.2) is 0 Å². The number of rotatable bonds is 5. The van der Waals surface area contributed by atoms with Crippen LogP contribution in [0.4, 0.5) is 0 Å².